The summed E-state index contributed by atoms with van der Waals surface area (Å²) in [5, 5.41) is 11.0. The van der Waals surface area contributed by atoms with Crippen LogP contribution in [-0.4, -0.2) is 21.4 Å². The first-order valence-electron chi connectivity index (χ1n) is 7.55. The van der Waals surface area contributed by atoms with Crippen molar-refractivity contribution in [2.45, 2.75) is 24.3 Å². The molecule has 122 valence electrons. The number of aryl methyl sites for hydroxylation is 1. The first-order valence-corrected chi connectivity index (χ1v) is 8.43. The number of nitrogens with one attached hydrogen (secondary N) is 1. The second-order valence-corrected chi connectivity index (χ2v) is 6.60. The number of carbonyl (C=O) groups excluding carboxylic acids is 1. The summed E-state index contributed by atoms with van der Waals surface area (Å²) in [7, 11) is 0. The molecule has 3 aromatic rings. The molecule has 1 atom stereocenters. The molecule has 5 nitrogen and oxygen atoms in total. The molecular formula is C18H17N3O2S. The molecule has 1 N–H and O–H groups in total. The van der Waals surface area contributed by atoms with Crippen LogP contribution in [0.1, 0.15) is 12.5 Å². The fourth-order valence-electron chi connectivity index (χ4n) is 2.15. The van der Waals surface area contributed by atoms with Crippen LogP contribution in [0.25, 0.3) is 11.5 Å². The Bertz CT molecular complexity index is 833. The van der Waals surface area contributed by atoms with Crippen LogP contribution >= 0.6 is 11.8 Å². The maximum atomic E-state index is 12.2. The summed E-state index contributed by atoms with van der Waals surface area (Å²) in [5.74, 6) is 0.355. The number of anilines is 1. The Kier molecular flexibility index (Phi) is 4.96. The van der Waals surface area contributed by atoms with Gasteiger partial charge in [-0.2, -0.15) is 0 Å². The number of rotatable bonds is 5. The first kappa shape index (κ1) is 16.3. The Morgan fingerprint density at radius 3 is 2.54 bits per heavy atom. The minimum atomic E-state index is -0.352. The van der Waals surface area contributed by atoms with Crippen molar-refractivity contribution in [2.75, 3.05) is 5.32 Å². The van der Waals surface area contributed by atoms with Crippen LogP contribution in [0.2, 0.25) is 0 Å². The Morgan fingerprint density at radius 2 is 1.79 bits per heavy atom. The van der Waals surface area contributed by atoms with Gasteiger partial charge in [-0.1, -0.05) is 48.2 Å². The van der Waals surface area contributed by atoms with Gasteiger partial charge >= 0.3 is 0 Å². The highest BCUT2D eigenvalue weighted by Crippen LogP contribution is 2.28. The number of hydrogen-bond acceptors (Lipinski definition) is 5. The maximum absolute atomic E-state index is 12.2. The molecule has 1 heterocycles. The van der Waals surface area contributed by atoms with E-state index in [0.29, 0.717) is 11.1 Å². The Hall–Kier alpha value is -2.60. The molecule has 6 heteroatoms. The van der Waals surface area contributed by atoms with Crippen LogP contribution in [0, 0.1) is 6.92 Å². The summed E-state index contributed by atoms with van der Waals surface area (Å²) >= 11 is 1.24. The smallest absolute Gasteiger partial charge is 0.277 e. The highest BCUT2D eigenvalue weighted by molar-refractivity contribution is 8.00. The lowest BCUT2D eigenvalue weighted by molar-refractivity contribution is -0.115. The summed E-state index contributed by atoms with van der Waals surface area (Å²) in [4.78, 5) is 12.2. The van der Waals surface area contributed by atoms with Crippen molar-refractivity contribution < 1.29 is 9.21 Å². The predicted molar refractivity (Wildman–Crippen MR) is 94.9 cm³/mol. The summed E-state index contributed by atoms with van der Waals surface area (Å²) < 4.78 is 5.68. The lowest BCUT2D eigenvalue weighted by Gasteiger charge is -2.09. The van der Waals surface area contributed by atoms with Gasteiger partial charge in [-0.25, -0.2) is 0 Å². The minimum Gasteiger partial charge on any atom is -0.411 e. The third-order valence-electron chi connectivity index (χ3n) is 3.47. The molecule has 0 spiro atoms. The fourth-order valence-corrected chi connectivity index (χ4v) is 2.83. The van der Waals surface area contributed by atoms with E-state index in [2.05, 4.69) is 15.5 Å². The van der Waals surface area contributed by atoms with Gasteiger partial charge in [-0.3, -0.25) is 4.79 Å². The lowest BCUT2D eigenvalue weighted by atomic mass is 10.1. The topological polar surface area (TPSA) is 68.0 Å². The van der Waals surface area contributed by atoms with Crippen molar-refractivity contribution in [3.63, 3.8) is 0 Å². The molecule has 0 saturated heterocycles. The normalized spacial score (nSPS) is 11.9. The zero-order valence-electron chi connectivity index (χ0n) is 13.4. The highest BCUT2D eigenvalue weighted by atomic mass is 32.2. The van der Waals surface area contributed by atoms with Gasteiger partial charge in [0.1, 0.15) is 0 Å². The zero-order valence-corrected chi connectivity index (χ0v) is 14.2. The number of thioether (sulfide) groups is 1. The van der Waals surface area contributed by atoms with Crippen molar-refractivity contribution >= 4 is 23.4 Å². The van der Waals surface area contributed by atoms with E-state index >= 15 is 0 Å². The van der Waals surface area contributed by atoms with Crippen molar-refractivity contribution in [3.8, 4) is 11.5 Å². The van der Waals surface area contributed by atoms with Gasteiger partial charge in [0.05, 0.1) is 5.25 Å². The van der Waals surface area contributed by atoms with Gasteiger partial charge in [0.15, 0.2) is 0 Å². The van der Waals surface area contributed by atoms with E-state index in [1.807, 2.05) is 61.5 Å². The molecule has 0 aliphatic carbocycles. The Labute approximate surface area is 144 Å². The molecule has 0 aliphatic rings. The van der Waals surface area contributed by atoms with E-state index in [0.717, 1.165) is 16.8 Å². The predicted octanol–water partition coefficient (Wildman–Crippen LogP) is 4.16. The molecular weight excluding hydrogens is 322 g/mol. The summed E-state index contributed by atoms with van der Waals surface area (Å²) in [6.07, 6.45) is 0. The number of amides is 1. The molecule has 0 unspecified atom stereocenters. The maximum Gasteiger partial charge on any atom is 0.277 e. The second-order valence-electron chi connectivity index (χ2n) is 5.30. The summed E-state index contributed by atoms with van der Waals surface area (Å²) in [6, 6.07) is 17.1. The molecule has 0 bridgehead atoms. The van der Waals surface area contributed by atoms with Crippen molar-refractivity contribution in [1.29, 1.82) is 0 Å². The van der Waals surface area contributed by atoms with Crippen molar-refractivity contribution in [2.24, 2.45) is 0 Å². The quantitative estimate of drug-likeness (QED) is 0.707. The van der Waals surface area contributed by atoms with Gasteiger partial charge in [0.2, 0.25) is 11.8 Å². The van der Waals surface area contributed by atoms with E-state index in [4.69, 9.17) is 4.42 Å². The summed E-state index contributed by atoms with van der Waals surface area (Å²) in [6.45, 7) is 3.79. The van der Waals surface area contributed by atoms with E-state index in [1.165, 1.54) is 11.8 Å². The third-order valence-corrected chi connectivity index (χ3v) is 4.40. The number of benzene rings is 2. The van der Waals surface area contributed by atoms with Gasteiger partial charge in [-0.05, 0) is 37.6 Å². The van der Waals surface area contributed by atoms with Crippen LogP contribution in [0.3, 0.4) is 0 Å². The molecule has 0 aliphatic heterocycles. The van der Waals surface area contributed by atoms with Crippen LogP contribution in [0.15, 0.2) is 64.2 Å². The Morgan fingerprint density at radius 1 is 1.08 bits per heavy atom. The number of nitrogens with zero attached hydrogens (tertiary/aromatic N) is 2. The van der Waals surface area contributed by atoms with E-state index in [9.17, 15) is 4.79 Å². The van der Waals surface area contributed by atoms with Crippen LogP contribution in [-0.2, 0) is 4.79 Å². The van der Waals surface area contributed by atoms with Gasteiger partial charge in [0, 0.05) is 11.3 Å². The summed E-state index contributed by atoms with van der Waals surface area (Å²) in [5.41, 5.74) is 2.73. The molecule has 24 heavy (non-hydrogen) atoms. The monoisotopic (exact) mass is 339 g/mol. The molecule has 1 amide bonds. The van der Waals surface area contributed by atoms with Crippen LogP contribution in [0.4, 0.5) is 5.69 Å². The van der Waals surface area contributed by atoms with E-state index in [1.54, 1.807) is 6.92 Å². The number of para-hydroxylation sites is 1. The van der Waals surface area contributed by atoms with Crippen LogP contribution < -0.4 is 5.32 Å². The second kappa shape index (κ2) is 7.31. The van der Waals surface area contributed by atoms with Crippen molar-refractivity contribution in [1.82, 2.24) is 10.2 Å². The van der Waals surface area contributed by atoms with E-state index in [-0.39, 0.29) is 11.2 Å². The molecule has 3 rings (SSSR count). The highest BCUT2D eigenvalue weighted by Gasteiger charge is 2.19. The molecule has 1 aromatic heterocycles. The number of hydrogen-bond donors (Lipinski definition) is 1. The van der Waals surface area contributed by atoms with Gasteiger partial charge < -0.3 is 9.73 Å². The SMILES string of the molecule is Cc1ccccc1-c1nnc(S[C@@H](C)C(=O)Nc2ccccc2)o1. The number of carbonyl (C=O) groups is 1. The van der Waals surface area contributed by atoms with Gasteiger partial charge in [0.25, 0.3) is 5.22 Å². The molecule has 0 saturated carbocycles. The van der Waals surface area contributed by atoms with Crippen LogP contribution in [0.5, 0.6) is 0 Å². The average molecular weight is 339 g/mol. The molecule has 0 fully saturated rings. The fraction of sp³-hybridized carbons (Fsp3) is 0.167. The molecule has 2 aromatic carbocycles. The largest absolute Gasteiger partial charge is 0.411 e. The Balaban J connectivity index is 1.66. The minimum absolute atomic E-state index is 0.109. The van der Waals surface area contributed by atoms with E-state index < -0.39 is 0 Å². The van der Waals surface area contributed by atoms with Crippen molar-refractivity contribution in [3.05, 3.63) is 60.2 Å². The first-order chi connectivity index (χ1) is 11.6. The molecule has 0 radical (unpaired) electrons. The standard InChI is InChI=1S/C18H17N3O2S/c1-12-8-6-7-11-15(12)17-20-21-18(23-17)24-13(2)16(22)19-14-9-4-3-5-10-14/h3-11,13H,1-2H3,(H,19,22)/t13-/m0/s1. The van der Waals surface area contributed by atoms with Gasteiger partial charge in [-0.15, -0.1) is 10.2 Å². The average Bonchev–Trinajstić information content (AvgIpc) is 3.04. The number of aromatic nitrogens is 2. The lowest BCUT2D eigenvalue weighted by Crippen LogP contribution is -2.22. The zero-order chi connectivity index (χ0) is 16.9. The third kappa shape index (κ3) is 3.83.